The van der Waals surface area contributed by atoms with E-state index in [1.807, 2.05) is 27.7 Å². The van der Waals surface area contributed by atoms with Crippen LogP contribution in [0.25, 0.3) is 0 Å². The van der Waals surface area contributed by atoms with Gasteiger partial charge in [0.25, 0.3) is 0 Å². The number of fused-ring (bicyclic) bond motifs is 2. The summed E-state index contributed by atoms with van der Waals surface area (Å²) in [6, 6.07) is 3.21. The Bertz CT molecular complexity index is 1180. The average molecular weight is 503 g/mol. The summed E-state index contributed by atoms with van der Waals surface area (Å²) in [5.74, 6) is -0.556. The van der Waals surface area contributed by atoms with Gasteiger partial charge in [-0.1, -0.05) is 13.8 Å². The molecule has 36 heavy (non-hydrogen) atoms. The van der Waals surface area contributed by atoms with Crippen LogP contribution >= 0.6 is 0 Å². The molecular formula is C28H35FO7. The number of hydrogen-bond donors (Lipinski definition) is 1. The number of cyclic esters (lactones) is 1. The molecule has 1 heterocycles. The van der Waals surface area contributed by atoms with Crippen molar-refractivity contribution < 1.29 is 38.0 Å². The summed E-state index contributed by atoms with van der Waals surface area (Å²) in [7, 11) is 1.41. The van der Waals surface area contributed by atoms with Crippen molar-refractivity contribution in [3.05, 3.63) is 45.5 Å². The second kappa shape index (κ2) is 10.5. The van der Waals surface area contributed by atoms with Crippen molar-refractivity contribution in [2.24, 2.45) is 11.3 Å². The fraction of sp³-hybridized carbons (Fsp3) is 0.500. The number of carbonyl (C=O) groups is 2. The third kappa shape index (κ3) is 5.05. The normalized spacial score (nSPS) is 14.1. The maximum Gasteiger partial charge on any atom is 0.346 e. The number of hydrogen-bond acceptors (Lipinski definition) is 7. The molecule has 3 rings (SSSR count). The third-order valence-electron chi connectivity index (χ3n) is 6.65. The first kappa shape index (κ1) is 27.5. The van der Waals surface area contributed by atoms with Crippen molar-refractivity contribution in [3.63, 3.8) is 0 Å². The summed E-state index contributed by atoms with van der Waals surface area (Å²) in [5, 5.41) is 10.8. The van der Waals surface area contributed by atoms with Gasteiger partial charge >= 0.3 is 11.9 Å². The van der Waals surface area contributed by atoms with Gasteiger partial charge in [0.2, 0.25) is 0 Å². The van der Waals surface area contributed by atoms with Gasteiger partial charge < -0.3 is 24.1 Å². The van der Waals surface area contributed by atoms with Gasteiger partial charge in [-0.3, -0.25) is 4.79 Å². The summed E-state index contributed by atoms with van der Waals surface area (Å²) in [5.41, 5.74) is 1.97. The number of benzene rings is 2. The molecule has 0 aromatic heterocycles. The highest BCUT2D eigenvalue weighted by Crippen LogP contribution is 2.47. The summed E-state index contributed by atoms with van der Waals surface area (Å²) in [6.07, 6.45) is -0.391. The van der Waals surface area contributed by atoms with Crippen LogP contribution in [0, 0.1) is 32.1 Å². The molecule has 1 N–H and O–H groups in total. The van der Waals surface area contributed by atoms with Crippen molar-refractivity contribution in [1.29, 1.82) is 0 Å². The third-order valence-corrected chi connectivity index (χ3v) is 6.65. The lowest BCUT2D eigenvalue weighted by atomic mass is 9.94. The number of methoxy groups -OCH3 is 1. The van der Waals surface area contributed by atoms with E-state index in [1.54, 1.807) is 19.1 Å². The highest BCUT2D eigenvalue weighted by atomic mass is 19.1. The maximum absolute atomic E-state index is 13.5. The molecule has 2 aromatic rings. The monoisotopic (exact) mass is 502 g/mol. The van der Waals surface area contributed by atoms with Crippen LogP contribution in [-0.2, 0) is 16.1 Å². The summed E-state index contributed by atoms with van der Waals surface area (Å²) < 4.78 is 36.7. The van der Waals surface area contributed by atoms with Gasteiger partial charge in [-0.05, 0) is 75.8 Å². The Morgan fingerprint density at radius 2 is 1.81 bits per heavy atom. The quantitative estimate of drug-likeness (QED) is 0.363. The van der Waals surface area contributed by atoms with Crippen molar-refractivity contribution >= 4 is 11.9 Å². The standard InChI is InChI=1S/C28H35FO7/c1-14(2)11-20(30)18-9-10-21-22(24(18)33-8)26(31)34-12-19-16(4)15(3)17(5)23(25(19)35-21)36-27(32)28(6,7)13-29/h9-10,14,20,30H,11-13H2,1-8H3/t20-/m0/s1. The van der Waals surface area contributed by atoms with Crippen LogP contribution in [0.3, 0.4) is 0 Å². The van der Waals surface area contributed by atoms with Gasteiger partial charge in [-0.25, -0.2) is 9.18 Å². The van der Waals surface area contributed by atoms with Crippen molar-refractivity contribution in [2.45, 2.75) is 67.6 Å². The molecule has 1 aliphatic rings. The number of halogens is 1. The number of aliphatic hydroxyl groups excluding tert-OH is 1. The first-order valence-corrected chi connectivity index (χ1v) is 12.0. The molecule has 1 atom stereocenters. The molecule has 0 radical (unpaired) electrons. The van der Waals surface area contributed by atoms with E-state index in [2.05, 4.69) is 0 Å². The molecular weight excluding hydrogens is 467 g/mol. The van der Waals surface area contributed by atoms with Gasteiger partial charge in [0, 0.05) is 11.1 Å². The smallest absolute Gasteiger partial charge is 0.346 e. The minimum Gasteiger partial charge on any atom is -0.495 e. The summed E-state index contributed by atoms with van der Waals surface area (Å²) in [4.78, 5) is 26.0. The van der Waals surface area contributed by atoms with E-state index in [4.69, 9.17) is 18.9 Å². The number of ether oxygens (including phenoxy) is 4. The highest BCUT2D eigenvalue weighted by molar-refractivity contribution is 5.97. The zero-order valence-electron chi connectivity index (χ0n) is 22.2. The zero-order chi connectivity index (χ0) is 26.9. The minimum absolute atomic E-state index is 0.0284. The fourth-order valence-electron chi connectivity index (χ4n) is 4.08. The SMILES string of the molecule is COc1c([C@@H](O)CC(C)C)ccc2c1C(=O)OCc1c(C)c(C)c(C)c(OC(=O)C(C)(C)CF)c1O2. The van der Waals surface area contributed by atoms with E-state index in [9.17, 15) is 19.1 Å². The largest absolute Gasteiger partial charge is 0.495 e. The van der Waals surface area contributed by atoms with Gasteiger partial charge in [0.1, 0.15) is 30.3 Å². The molecule has 0 aliphatic carbocycles. The molecule has 196 valence electrons. The zero-order valence-corrected chi connectivity index (χ0v) is 22.2. The minimum atomic E-state index is -1.35. The van der Waals surface area contributed by atoms with Crippen molar-refractivity contribution in [1.82, 2.24) is 0 Å². The molecule has 0 spiro atoms. The van der Waals surface area contributed by atoms with Crippen LogP contribution < -0.4 is 14.2 Å². The van der Waals surface area contributed by atoms with E-state index in [0.29, 0.717) is 23.1 Å². The fourth-order valence-corrected chi connectivity index (χ4v) is 4.08. The van der Waals surface area contributed by atoms with E-state index in [-0.39, 0.29) is 41.1 Å². The van der Waals surface area contributed by atoms with Crippen molar-refractivity contribution in [2.75, 3.05) is 13.8 Å². The predicted molar refractivity (Wildman–Crippen MR) is 133 cm³/mol. The van der Waals surface area contributed by atoms with E-state index in [0.717, 1.165) is 11.1 Å². The average Bonchev–Trinajstić information content (AvgIpc) is 2.82. The van der Waals surface area contributed by atoms with E-state index >= 15 is 0 Å². The number of carbonyl (C=O) groups excluding carboxylic acids is 2. The Morgan fingerprint density at radius 1 is 1.14 bits per heavy atom. The lowest BCUT2D eigenvalue weighted by molar-refractivity contribution is -0.144. The van der Waals surface area contributed by atoms with Gasteiger partial charge in [-0.15, -0.1) is 0 Å². The first-order chi connectivity index (χ1) is 16.8. The summed E-state index contributed by atoms with van der Waals surface area (Å²) in [6.45, 7) is 11.4. The number of rotatable bonds is 7. The Balaban J connectivity index is 2.22. The number of esters is 2. The lowest BCUT2D eigenvalue weighted by Crippen LogP contribution is -2.31. The van der Waals surface area contributed by atoms with E-state index in [1.165, 1.54) is 21.0 Å². The Kier molecular flexibility index (Phi) is 7.98. The second-order valence-electron chi connectivity index (χ2n) is 10.3. The van der Waals surface area contributed by atoms with Crippen LogP contribution in [0.4, 0.5) is 4.39 Å². The molecule has 2 aromatic carbocycles. The molecule has 0 bridgehead atoms. The molecule has 1 aliphatic heterocycles. The van der Waals surface area contributed by atoms with Crippen LogP contribution in [0.1, 0.15) is 78.4 Å². The number of alkyl halides is 1. The summed E-state index contributed by atoms with van der Waals surface area (Å²) >= 11 is 0. The predicted octanol–water partition coefficient (Wildman–Crippen LogP) is 6.06. The molecule has 0 amide bonds. The van der Waals surface area contributed by atoms with Gasteiger partial charge in [-0.2, -0.15) is 0 Å². The van der Waals surface area contributed by atoms with Crippen LogP contribution in [0.15, 0.2) is 12.1 Å². The Morgan fingerprint density at radius 3 is 2.39 bits per heavy atom. The van der Waals surface area contributed by atoms with E-state index < -0.39 is 30.1 Å². The van der Waals surface area contributed by atoms with Gasteiger partial charge in [0.15, 0.2) is 11.5 Å². The molecule has 7 nitrogen and oxygen atoms in total. The Labute approximate surface area is 211 Å². The van der Waals surface area contributed by atoms with Crippen LogP contribution in [0.2, 0.25) is 0 Å². The molecule has 0 fully saturated rings. The van der Waals surface area contributed by atoms with Crippen LogP contribution in [0.5, 0.6) is 23.0 Å². The molecule has 0 unspecified atom stereocenters. The topological polar surface area (TPSA) is 91.3 Å². The molecule has 8 heteroatoms. The highest BCUT2D eigenvalue weighted by Gasteiger charge is 2.35. The van der Waals surface area contributed by atoms with Gasteiger partial charge in [0.05, 0.1) is 18.6 Å². The molecule has 0 saturated heterocycles. The van der Waals surface area contributed by atoms with Crippen LogP contribution in [-0.4, -0.2) is 30.8 Å². The molecule has 0 saturated carbocycles. The van der Waals surface area contributed by atoms with Crippen molar-refractivity contribution in [3.8, 4) is 23.0 Å². The first-order valence-electron chi connectivity index (χ1n) is 12.0. The number of aliphatic hydroxyl groups is 1. The second-order valence-corrected chi connectivity index (χ2v) is 10.3. The maximum atomic E-state index is 13.5. The lowest BCUT2D eigenvalue weighted by Gasteiger charge is -2.27. The Hall–Kier alpha value is -3.13.